The third kappa shape index (κ3) is 5.44. The lowest BCUT2D eigenvalue weighted by atomic mass is 9.62. The van der Waals surface area contributed by atoms with Gasteiger partial charge in [0.1, 0.15) is 5.60 Å². The number of cyclic esters (lactones) is 2. The number of pyridine rings is 1. The molecular formula is C31H38N4O7. The Kier molecular flexibility index (Phi) is 7.95. The minimum atomic E-state index is -2.12. The second-order valence-corrected chi connectivity index (χ2v) is 12.3. The molecule has 1 unspecified atom stereocenters. The van der Waals surface area contributed by atoms with Crippen molar-refractivity contribution in [2.75, 3.05) is 20.1 Å². The summed E-state index contributed by atoms with van der Waals surface area (Å²) >= 11 is 0. The molecule has 0 bridgehead atoms. The van der Waals surface area contributed by atoms with Gasteiger partial charge in [-0.25, -0.2) is 0 Å². The zero-order valence-corrected chi connectivity index (χ0v) is 24.7. The summed E-state index contributed by atoms with van der Waals surface area (Å²) in [4.78, 5) is 35.3. The number of rotatable bonds is 7. The van der Waals surface area contributed by atoms with Crippen LogP contribution in [0.2, 0.25) is 0 Å². The van der Waals surface area contributed by atoms with E-state index >= 15 is 0 Å². The summed E-state index contributed by atoms with van der Waals surface area (Å²) in [7, 11) is 2.01. The van der Waals surface area contributed by atoms with Gasteiger partial charge in [0.15, 0.2) is 0 Å². The molecule has 0 aliphatic carbocycles. The summed E-state index contributed by atoms with van der Waals surface area (Å²) in [6, 6.07) is 9.78. The van der Waals surface area contributed by atoms with Crippen LogP contribution >= 0.6 is 0 Å². The van der Waals surface area contributed by atoms with Crippen molar-refractivity contribution < 1.29 is 33.8 Å². The lowest BCUT2D eigenvalue weighted by Gasteiger charge is -2.55. The van der Waals surface area contributed by atoms with Gasteiger partial charge in [0, 0.05) is 54.9 Å². The van der Waals surface area contributed by atoms with Crippen molar-refractivity contribution in [1.29, 1.82) is 0 Å². The third-order valence-corrected chi connectivity index (χ3v) is 8.33. The smallest absolute Gasteiger partial charge is 0.308 e. The standard InChI is InChI=1S/C31H38N4O7/c1-19(2)20-10-12-22(13-11-20)31(39,29(3)17-35(5)18-29)23-14-21(15-32-16-23)26-33-27(42-34-26)30(4,38)28-40-24(36)8-6-7-9-25(37)41-28/h10-16,19,28,38-39H,6-9,17-18H2,1-5H3/t30?,31-/m0/s1. The first kappa shape index (κ1) is 29.8. The predicted octanol–water partition coefficient (Wildman–Crippen LogP) is 3.64. The Morgan fingerprint density at radius 1 is 1.00 bits per heavy atom. The quantitative estimate of drug-likeness (QED) is 0.396. The molecule has 0 saturated carbocycles. The average Bonchev–Trinajstić information content (AvgIpc) is 3.47. The molecule has 11 heteroatoms. The predicted molar refractivity (Wildman–Crippen MR) is 151 cm³/mol. The molecule has 42 heavy (non-hydrogen) atoms. The van der Waals surface area contributed by atoms with E-state index in [1.54, 1.807) is 12.3 Å². The maximum atomic E-state index is 12.5. The first-order chi connectivity index (χ1) is 19.8. The Morgan fingerprint density at radius 3 is 2.19 bits per heavy atom. The van der Waals surface area contributed by atoms with Gasteiger partial charge in [-0.1, -0.05) is 50.2 Å². The van der Waals surface area contributed by atoms with Gasteiger partial charge in [-0.15, -0.1) is 0 Å². The molecule has 2 atom stereocenters. The Hall–Kier alpha value is -3.67. The van der Waals surface area contributed by atoms with Crippen LogP contribution in [0, 0.1) is 5.41 Å². The van der Waals surface area contributed by atoms with Crippen LogP contribution in [0.4, 0.5) is 0 Å². The zero-order chi connectivity index (χ0) is 30.3. The number of aromatic nitrogens is 3. The Morgan fingerprint density at radius 2 is 1.62 bits per heavy atom. The zero-order valence-electron chi connectivity index (χ0n) is 24.7. The summed E-state index contributed by atoms with van der Waals surface area (Å²) in [5, 5.41) is 27.8. The maximum Gasteiger partial charge on any atom is 0.308 e. The molecule has 5 rings (SSSR count). The number of aliphatic hydroxyl groups is 2. The van der Waals surface area contributed by atoms with Crippen LogP contribution in [0.25, 0.3) is 11.4 Å². The van der Waals surface area contributed by atoms with Crippen molar-refractivity contribution in [2.45, 2.75) is 76.8 Å². The lowest BCUT2D eigenvalue weighted by molar-refractivity contribution is -0.235. The number of nitrogens with zero attached hydrogens (tertiary/aromatic N) is 4. The van der Waals surface area contributed by atoms with Crippen LogP contribution in [-0.2, 0) is 30.3 Å². The van der Waals surface area contributed by atoms with Crippen LogP contribution in [0.1, 0.15) is 81.9 Å². The van der Waals surface area contributed by atoms with E-state index in [2.05, 4.69) is 40.8 Å². The molecule has 2 aliphatic heterocycles. The highest BCUT2D eigenvalue weighted by atomic mass is 16.7. The molecule has 2 saturated heterocycles. The van der Waals surface area contributed by atoms with Gasteiger partial charge >= 0.3 is 11.9 Å². The van der Waals surface area contributed by atoms with Gasteiger partial charge < -0.3 is 29.1 Å². The molecule has 224 valence electrons. The van der Waals surface area contributed by atoms with Crippen molar-refractivity contribution in [3.05, 3.63) is 65.3 Å². The fourth-order valence-electron chi connectivity index (χ4n) is 5.90. The molecule has 2 fully saturated rings. The number of esters is 2. The second kappa shape index (κ2) is 11.2. The van der Waals surface area contributed by atoms with E-state index in [0.717, 1.165) is 5.56 Å². The fraction of sp³-hybridized carbons (Fsp3) is 0.516. The Labute approximate surface area is 244 Å². The molecule has 1 aromatic carbocycles. The van der Waals surface area contributed by atoms with Gasteiger partial charge in [0.2, 0.25) is 11.4 Å². The highest BCUT2D eigenvalue weighted by Crippen LogP contribution is 2.50. The molecule has 11 nitrogen and oxygen atoms in total. The van der Waals surface area contributed by atoms with E-state index in [0.29, 0.717) is 43.0 Å². The van der Waals surface area contributed by atoms with E-state index in [4.69, 9.17) is 14.0 Å². The molecular weight excluding hydrogens is 540 g/mol. The van der Waals surface area contributed by atoms with Crippen molar-refractivity contribution in [1.82, 2.24) is 20.0 Å². The summed E-state index contributed by atoms with van der Waals surface area (Å²) in [6.07, 6.45) is 2.63. The van der Waals surface area contributed by atoms with Crippen LogP contribution in [0.5, 0.6) is 0 Å². The number of likely N-dealkylation sites (tertiary alicyclic amines) is 1. The maximum absolute atomic E-state index is 12.5. The summed E-state index contributed by atoms with van der Waals surface area (Å²) in [5.74, 6) is -1.08. The highest BCUT2D eigenvalue weighted by Gasteiger charge is 2.55. The molecule has 2 N–H and O–H groups in total. The minimum absolute atomic E-state index is 0.0914. The number of benzene rings is 1. The molecule has 0 radical (unpaired) electrons. The fourth-order valence-corrected chi connectivity index (χ4v) is 5.90. The highest BCUT2D eigenvalue weighted by molar-refractivity contribution is 5.72. The monoisotopic (exact) mass is 578 g/mol. The van der Waals surface area contributed by atoms with Crippen molar-refractivity contribution in [3.8, 4) is 11.4 Å². The normalized spacial score (nSPS) is 21.2. The van der Waals surface area contributed by atoms with Crippen molar-refractivity contribution >= 4 is 11.9 Å². The van der Waals surface area contributed by atoms with E-state index in [1.165, 1.54) is 18.7 Å². The minimum Gasteiger partial charge on any atom is -0.421 e. The van der Waals surface area contributed by atoms with E-state index < -0.39 is 34.8 Å². The number of carbonyl (C=O) groups excluding carboxylic acids is 2. The van der Waals surface area contributed by atoms with E-state index in [-0.39, 0.29) is 24.6 Å². The molecule has 0 spiro atoms. The molecule has 2 aliphatic rings. The molecule has 2 aromatic heterocycles. The number of hydrogen-bond acceptors (Lipinski definition) is 11. The molecule has 4 heterocycles. The Bertz CT molecular complexity index is 1430. The van der Waals surface area contributed by atoms with Crippen LogP contribution < -0.4 is 0 Å². The third-order valence-electron chi connectivity index (χ3n) is 8.33. The number of carbonyl (C=O) groups is 2. The van der Waals surface area contributed by atoms with E-state index in [1.807, 2.05) is 31.3 Å². The van der Waals surface area contributed by atoms with Gasteiger partial charge in [-0.3, -0.25) is 14.6 Å². The van der Waals surface area contributed by atoms with Crippen molar-refractivity contribution in [3.63, 3.8) is 0 Å². The molecule has 3 aromatic rings. The van der Waals surface area contributed by atoms with Crippen LogP contribution in [-0.4, -0.2) is 68.6 Å². The first-order valence-electron chi connectivity index (χ1n) is 14.3. The number of hydrogen-bond donors (Lipinski definition) is 2. The summed E-state index contributed by atoms with van der Waals surface area (Å²) in [6.45, 7) is 8.93. The van der Waals surface area contributed by atoms with Gasteiger partial charge in [-0.2, -0.15) is 4.98 Å². The summed E-state index contributed by atoms with van der Waals surface area (Å²) in [5.41, 5.74) is -1.07. The lowest BCUT2D eigenvalue weighted by Crippen LogP contribution is -2.63. The second-order valence-electron chi connectivity index (χ2n) is 12.3. The van der Waals surface area contributed by atoms with Crippen LogP contribution in [0.3, 0.4) is 0 Å². The van der Waals surface area contributed by atoms with Gasteiger partial charge in [0.05, 0.1) is 0 Å². The molecule has 0 amide bonds. The van der Waals surface area contributed by atoms with E-state index in [9.17, 15) is 19.8 Å². The van der Waals surface area contributed by atoms with Crippen molar-refractivity contribution in [2.24, 2.45) is 5.41 Å². The largest absolute Gasteiger partial charge is 0.421 e. The topological polar surface area (TPSA) is 148 Å². The number of ether oxygens (including phenoxy) is 2. The summed E-state index contributed by atoms with van der Waals surface area (Å²) < 4.78 is 15.9. The SMILES string of the molecule is CC(C)c1ccc([C@](O)(c2cncc(-c3noc(C(C)(O)C4OC(=O)CCCCC(=O)O4)n3)c2)C2(C)CN(C)C2)cc1. The van der Waals surface area contributed by atoms with Gasteiger partial charge in [0.25, 0.3) is 12.2 Å². The van der Waals surface area contributed by atoms with Crippen LogP contribution in [0.15, 0.2) is 47.2 Å². The first-order valence-corrected chi connectivity index (χ1v) is 14.3. The Balaban J connectivity index is 1.49. The van der Waals surface area contributed by atoms with Gasteiger partial charge in [-0.05, 0) is 49.9 Å². The average molecular weight is 579 g/mol.